The van der Waals surface area contributed by atoms with Crippen LogP contribution in [0, 0.1) is 0 Å². The van der Waals surface area contributed by atoms with Crippen LogP contribution in [-0.2, 0) is 26.8 Å². The van der Waals surface area contributed by atoms with Crippen molar-refractivity contribution in [3.63, 3.8) is 0 Å². The van der Waals surface area contributed by atoms with Crippen LogP contribution in [0.25, 0.3) is 38.7 Å². The first-order valence-corrected chi connectivity index (χ1v) is 18.2. The van der Waals surface area contributed by atoms with E-state index < -0.39 is 20.2 Å². The summed E-state index contributed by atoms with van der Waals surface area (Å²) in [5.41, 5.74) is 2.27. The number of hydrogen-bond acceptors (Lipinski definition) is 7. The molecule has 2 N–H and O–H groups in total. The van der Waals surface area contributed by atoms with Crippen LogP contribution in [0.15, 0.2) is 101 Å². The van der Waals surface area contributed by atoms with Crippen molar-refractivity contribution >= 4 is 59.0 Å². The Labute approximate surface area is 268 Å². The molecule has 1 aromatic heterocycles. The van der Waals surface area contributed by atoms with Crippen molar-refractivity contribution in [1.82, 2.24) is 4.90 Å². The van der Waals surface area contributed by atoms with Gasteiger partial charge in [-0.2, -0.15) is 21.4 Å². The maximum atomic E-state index is 11.5. The van der Waals surface area contributed by atoms with Gasteiger partial charge in [-0.1, -0.05) is 61.5 Å². The summed E-state index contributed by atoms with van der Waals surface area (Å²) in [7, 11) is -6.47. The lowest BCUT2D eigenvalue weighted by molar-refractivity contribution is -0.677. The van der Waals surface area contributed by atoms with E-state index in [2.05, 4.69) is 0 Å². The summed E-state index contributed by atoms with van der Waals surface area (Å²) in [5, 5.41) is 4.01. The van der Waals surface area contributed by atoms with Gasteiger partial charge < -0.3 is 14.1 Å². The van der Waals surface area contributed by atoms with E-state index in [0.717, 1.165) is 32.6 Å². The molecule has 0 aliphatic carbocycles. The van der Waals surface area contributed by atoms with Crippen LogP contribution in [-0.4, -0.2) is 55.9 Å². The van der Waals surface area contributed by atoms with E-state index in [9.17, 15) is 25.9 Å². The molecule has 5 aromatic rings. The Morgan fingerprint density at radius 2 is 1.52 bits per heavy atom. The van der Waals surface area contributed by atoms with E-state index >= 15 is 0 Å². The van der Waals surface area contributed by atoms with E-state index in [0.29, 0.717) is 36.1 Å². The van der Waals surface area contributed by atoms with E-state index in [1.54, 1.807) is 11.9 Å². The van der Waals surface area contributed by atoms with Gasteiger partial charge >= 0.3 is 5.89 Å². The molecule has 0 spiro atoms. The van der Waals surface area contributed by atoms with Crippen LogP contribution in [0.4, 0.5) is 0 Å². The second-order valence-electron chi connectivity index (χ2n) is 11.1. The highest BCUT2D eigenvalue weighted by atomic mass is 32.2. The lowest BCUT2D eigenvalue weighted by atomic mass is 10.1. The number of fused-ring (bicyclic) bond motifs is 4. The minimum absolute atomic E-state index is 0.173. The minimum atomic E-state index is -4.14. The van der Waals surface area contributed by atoms with Gasteiger partial charge in [0.2, 0.25) is 5.58 Å². The zero-order valence-electron chi connectivity index (χ0n) is 25.7. The molecule has 0 radical (unpaired) electrons. The van der Waals surface area contributed by atoms with Crippen LogP contribution in [0.2, 0.25) is 0 Å². The van der Waals surface area contributed by atoms with Gasteiger partial charge in [-0.3, -0.25) is 9.11 Å². The molecule has 4 aromatic carbocycles. The molecular weight excluding hydrogens is 629 g/mol. The third-order valence-electron chi connectivity index (χ3n) is 7.64. The van der Waals surface area contributed by atoms with Crippen molar-refractivity contribution in [1.29, 1.82) is 0 Å². The quantitative estimate of drug-likeness (QED) is 0.0612. The summed E-state index contributed by atoms with van der Waals surface area (Å²) in [6.45, 7) is 2.56. The van der Waals surface area contributed by atoms with Crippen molar-refractivity contribution in [3.8, 4) is 5.75 Å². The van der Waals surface area contributed by atoms with Crippen molar-refractivity contribution in [2.24, 2.45) is 0 Å². The molecular formula is C34H37N2O8S2+. The Bertz CT molecular complexity index is 2150. The van der Waals surface area contributed by atoms with E-state index in [1.807, 2.05) is 103 Å². The number of aromatic nitrogens is 1. The SMILES string of the molecule is CCC(=Cc1oc2ccc3ccccc3c2[n+]1CCCS(=O)(=O)O)C=C(Oc1ccc2ccccc2c1)N(C)CCCS(=O)(=O)O. The van der Waals surface area contributed by atoms with E-state index in [1.165, 1.54) is 0 Å². The third-order valence-corrected chi connectivity index (χ3v) is 9.25. The zero-order valence-corrected chi connectivity index (χ0v) is 27.3. The molecule has 0 amide bonds. The monoisotopic (exact) mass is 665 g/mol. The average Bonchev–Trinajstić information content (AvgIpc) is 3.36. The van der Waals surface area contributed by atoms with Gasteiger partial charge in [0.15, 0.2) is 12.4 Å². The van der Waals surface area contributed by atoms with Gasteiger partial charge in [-0.25, -0.2) is 0 Å². The van der Waals surface area contributed by atoms with Gasteiger partial charge in [-0.05, 0) is 58.8 Å². The Morgan fingerprint density at radius 3 is 2.24 bits per heavy atom. The number of hydrogen-bond donors (Lipinski definition) is 2. The Kier molecular flexibility index (Phi) is 10.1. The van der Waals surface area contributed by atoms with Crippen LogP contribution in [0.5, 0.6) is 5.75 Å². The molecule has 0 unspecified atom stereocenters. The molecule has 0 atom stereocenters. The highest BCUT2D eigenvalue weighted by Crippen LogP contribution is 2.27. The zero-order chi connectivity index (χ0) is 32.9. The first-order chi connectivity index (χ1) is 21.9. The average molecular weight is 666 g/mol. The molecule has 0 bridgehead atoms. The van der Waals surface area contributed by atoms with Crippen LogP contribution < -0.4 is 9.30 Å². The van der Waals surface area contributed by atoms with Crippen molar-refractivity contribution in [3.05, 3.63) is 102 Å². The molecule has 1 heterocycles. The predicted octanol–water partition coefficient (Wildman–Crippen LogP) is 6.23. The molecule has 0 aliphatic rings. The van der Waals surface area contributed by atoms with Gasteiger partial charge in [0.1, 0.15) is 5.75 Å². The number of allylic oxidation sites excluding steroid dienone is 2. The fourth-order valence-corrected chi connectivity index (χ4v) is 6.32. The van der Waals surface area contributed by atoms with Gasteiger partial charge in [0.05, 0.1) is 23.0 Å². The van der Waals surface area contributed by atoms with Gasteiger partial charge in [0.25, 0.3) is 25.8 Å². The second kappa shape index (κ2) is 14.0. The number of oxazole rings is 1. The molecule has 0 aliphatic heterocycles. The second-order valence-corrected chi connectivity index (χ2v) is 14.2. The summed E-state index contributed by atoms with van der Waals surface area (Å²) >= 11 is 0. The van der Waals surface area contributed by atoms with Crippen LogP contribution in [0.1, 0.15) is 32.1 Å². The number of ether oxygens (including phenoxy) is 1. The first-order valence-electron chi connectivity index (χ1n) is 14.9. The topological polar surface area (TPSA) is 138 Å². The molecule has 0 fully saturated rings. The minimum Gasteiger partial charge on any atom is -0.441 e. The largest absolute Gasteiger partial charge is 0.441 e. The fourth-order valence-electron chi connectivity index (χ4n) is 5.33. The fraction of sp³-hybridized carbons (Fsp3) is 0.265. The summed E-state index contributed by atoms with van der Waals surface area (Å²) in [4.78, 5) is 1.79. The maximum absolute atomic E-state index is 11.5. The van der Waals surface area contributed by atoms with Gasteiger partial charge in [-0.15, -0.1) is 0 Å². The van der Waals surface area contributed by atoms with Crippen LogP contribution in [0.3, 0.4) is 0 Å². The third kappa shape index (κ3) is 8.52. The number of nitrogens with zero attached hydrogens (tertiary/aromatic N) is 2. The summed E-state index contributed by atoms with van der Waals surface area (Å²) in [6.07, 6.45) is 4.66. The summed E-state index contributed by atoms with van der Waals surface area (Å²) in [6, 6.07) is 25.4. The molecule has 10 nitrogen and oxygen atoms in total. The highest BCUT2D eigenvalue weighted by molar-refractivity contribution is 7.86. The smallest absolute Gasteiger partial charge is 0.374 e. The summed E-state index contributed by atoms with van der Waals surface area (Å²) in [5.74, 6) is 0.775. The van der Waals surface area contributed by atoms with E-state index in [4.69, 9.17) is 9.15 Å². The lowest BCUT2D eigenvalue weighted by Gasteiger charge is -2.23. The van der Waals surface area contributed by atoms with Crippen LogP contribution >= 0.6 is 0 Å². The summed E-state index contributed by atoms with van der Waals surface area (Å²) < 4.78 is 79.0. The van der Waals surface area contributed by atoms with Crippen molar-refractivity contribution in [2.75, 3.05) is 25.1 Å². The normalized spacial score (nSPS) is 13.1. The van der Waals surface area contributed by atoms with Crippen molar-refractivity contribution in [2.45, 2.75) is 32.7 Å². The Balaban J connectivity index is 1.57. The van der Waals surface area contributed by atoms with Crippen molar-refractivity contribution < 1.29 is 39.7 Å². The molecule has 12 heteroatoms. The first kappa shape index (κ1) is 33.1. The highest BCUT2D eigenvalue weighted by Gasteiger charge is 2.24. The molecule has 0 saturated carbocycles. The predicted molar refractivity (Wildman–Crippen MR) is 180 cm³/mol. The number of rotatable bonds is 14. The molecule has 242 valence electrons. The standard InChI is InChI=1S/C34H36N2O8S2/c1-3-25(22-32(35(2)18-8-20-45(37,38)39)43-29-16-14-26-10-4-5-12-28(26)24-29)23-33-36(19-9-21-46(40,41)42)34-30-13-7-6-11-27(30)15-17-31(34)44-33/h4-7,10-17,22-24H,3,8-9,18-21H2,1-2H3,(H-,37,38,39,40,41,42)/p+1. The molecule has 0 saturated heterocycles. The Morgan fingerprint density at radius 1 is 0.870 bits per heavy atom. The van der Waals surface area contributed by atoms with Gasteiger partial charge in [0, 0.05) is 26.1 Å². The number of benzene rings is 4. The molecule has 46 heavy (non-hydrogen) atoms. The van der Waals surface area contributed by atoms with E-state index in [-0.39, 0.29) is 30.9 Å². The lowest BCUT2D eigenvalue weighted by Crippen LogP contribution is -2.36. The number of aryl methyl sites for hydroxylation is 1. The molecule has 5 rings (SSSR count). The maximum Gasteiger partial charge on any atom is 0.374 e. The Hall–Kier alpha value is -4.23.